The molecule has 0 fully saturated rings. The van der Waals surface area contributed by atoms with Gasteiger partial charge in [0.2, 0.25) is 0 Å². The number of aromatic amines is 1. The fourth-order valence-electron chi connectivity index (χ4n) is 1.61. The summed E-state index contributed by atoms with van der Waals surface area (Å²) in [6, 6.07) is 6.21. The Morgan fingerprint density at radius 3 is 3.00 bits per heavy atom. The second kappa shape index (κ2) is 4.27. The number of nitrogens with one attached hydrogen (secondary N) is 2. The Bertz CT molecular complexity index is 710. The predicted octanol–water partition coefficient (Wildman–Crippen LogP) is 3.49. The van der Waals surface area contributed by atoms with Crippen molar-refractivity contribution < 1.29 is 4.39 Å². The van der Waals surface area contributed by atoms with Crippen molar-refractivity contribution in [2.24, 2.45) is 0 Å². The van der Waals surface area contributed by atoms with Crippen LogP contribution >= 0.6 is 11.6 Å². The van der Waals surface area contributed by atoms with E-state index in [1.807, 2.05) is 6.07 Å². The molecule has 2 heterocycles. The number of halogens is 2. The SMILES string of the molecule is Fc1ccc(Nc2cnc3[nH]ccc3n2)cc1Cl. The first kappa shape index (κ1) is 11.0. The third kappa shape index (κ3) is 2.00. The molecule has 0 atom stereocenters. The average Bonchev–Trinajstić information content (AvgIpc) is 2.81. The quantitative estimate of drug-likeness (QED) is 0.743. The van der Waals surface area contributed by atoms with E-state index in [2.05, 4.69) is 20.3 Å². The summed E-state index contributed by atoms with van der Waals surface area (Å²) in [6.07, 6.45) is 3.36. The third-order valence-electron chi connectivity index (χ3n) is 2.45. The monoisotopic (exact) mass is 262 g/mol. The fraction of sp³-hybridized carbons (Fsp3) is 0. The summed E-state index contributed by atoms with van der Waals surface area (Å²) in [5, 5.41) is 3.08. The number of anilines is 2. The first-order chi connectivity index (χ1) is 8.72. The number of aromatic nitrogens is 3. The van der Waals surface area contributed by atoms with Crippen LogP contribution in [-0.4, -0.2) is 15.0 Å². The minimum absolute atomic E-state index is 0.0654. The lowest BCUT2D eigenvalue weighted by Crippen LogP contribution is -1.95. The lowest BCUT2D eigenvalue weighted by atomic mass is 10.3. The van der Waals surface area contributed by atoms with Crippen molar-refractivity contribution >= 4 is 34.3 Å². The molecule has 0 amide bonds. The Kier molecular flexibility index (Phi) is 2.60. The van der Waals surface area contributed by atoms with E-state index < -0.39 is 5.82 Å². The van der Waals surface area contributed by atoms with Crippen molar-refractivity contribution in [1.29, 1.82) is 0 Å². The minimum Gasteiger partial charge on any atom is -0.345 e. The van der Waals surface area contributed by atoms with Crippen LogP contribution in [0, 0.1) is 5.82 Å². The summed E-state index contributed by atoms with van der Waals surface area (Å²) in [7, 11) is 0. The molecule has 0 spiro atoms. The molecule has 1 aromatic carbocycles. The van der Waals surface area contributed by atoms with Crippen molar-refractivity contribution in [3.63, 3.8) is 0 Å². The van der Waals surface area contributed by atoms with Gasteiger partial charge in [0.1, 0.15) is 17.2 Å². The van der Waals surface area contributed by atoms with Crippen LogP contribution in [0.4, 0.5) is 15.9 Å². The summed E-state index contributed by atoms with van der Waals surface area (Å²) >= 11 is 5.70. The second-order valence-electron chi connectivity index (χ2n) is 3.72. The van der Waals surface area contributed by atoms with Crippen LogP contribution < -0.4 is 5.32 Å². The molecular formula is C12H8ClFN4. The van der Waals surface area contributed by atoms with Gasteiger partial charge in [0, 0.05) is 11.9 Å². The van der Waals surface area contributed by atoms with E-state index in [1.54, 1.807) is 18.5 Å². The number of hydrogen-bond donors (Lipinski definition) is 2. The lowest BCUT2D eigenvalue weighted by molar-refractivity contribution is 0.628. The molecule has 0 saturated heterocycles. The number of rotatable bonds is 2. The molecule has 0 saturated carbocycles. The summed E-state index contributed by atoms with van der Waals surface area (Å²) < 4.78 is 13.0. The average molecular weight is 263 g/mol. The highest BCUT2D eigenvalue weighted by Crippen LogP contribution is 2.22. The Labute approximate surface area is 107 Å². The van der Waals surface area contributed by atoms with E-state index in [-0.39, 0.29) is 5.02 Å². The first-order valence-electron chi connectivity index (χ1n) is 5.24. The van der Waals surface area contributed by atoms with Crippen molar-refractivity contribution in [3.8, 4) is 0 Å². The molecule has 0 bridgehead atoms. The van der Waals surface area contributed by atoms with Gasteiger partial charge in [-0.3, -0.25) is 0 Å². The molecule has 90 valence electrons. The standard InChI is InChI=1S/C12H8ClFN4/c13-8-5-7(1-2-9(8)14)17-11-6-16-12-10(18-11)3-4-15-12/h1-6H,(H,15,16)(H,17,18). The number of hydrogen-bond acceptors (Lipinski definition) is 3. The molecule has 4 nitrogen and oxygen atoms in total. The van der Waals surface area contributed by atoms with Gasteiger partial charge in [0.25, 0.3) is 0 Å². The molecule has 6 heteroatoms. The van der Waals surface area contributed by atoms with Crippen LogP contribution in [0.3, 0.4) is 0 Å². The highest BCUT2D eigenvalue weighted by molar-refractivity contribution is 6.31. The molecule has 0 aliphatic heterocycles. The van der Waals surface area contributed by atoms with Gasteiger partial charge >= 0.3 is 0 Å². The van der Waals surface area contributed by atoms with Gasteiger partial charge in [-0.05, 0) is 24.3 Å². The smallest absolute Gasteiger partial charge is 0.156 e. The summed E-state index contributed by atoms with van der Waals surface area (Å²) in [6.45, 7) is 0. The zero-order valence-electron chi connectivity index (χ0n) is 9.11. The number of fused-ring (bicyclic) bond motifs is 1. The highest BCUT2D eigenvalue weighted by atomic mass is 35.5. The summed E-state index contributed by atoms with van der Waals surface area (Å²) in [4.78, 5) is 11.5. The summed E-state index contributed by atoms with van der Waals surface area (Å²) in [5.41, 5.74) is 2.14. The van der Waals surface area contributed by atoms with Crippen LogP contribution in [-0.2, 0) is 0 Å². The van der Waals surface area contributed by atoms with E-state index in [1.165, 1.54) is 12.1 Å². The fourth-order valence-corrected chi connectivity index (χ4v) is 1.79. The molecular weight excluding hydrogens is 255 g/mol. The second-order valence-corrected chi connectivity index (χ2v) is 4.13. The Morgan fingerprint density at radius 2 is 2.17 bits per heavy atom. The maximum absolute atomic E-state index is 13.0. The van der Waals surface area contributed by atoms with Crippen LogP contribution in [0.25, 0.3) is 11.2 Å². The van der Waals surface area contributed by atoms with E-state index in [0.29, 0.717) is 11.5 Å². The maximum Gasteiger partial charge on any atom is 0.156 e. The van der Waals surface area contributed by atoms with Gasteiger partial charge < -0.3 is 10.3 Å². The van der Waals surface area contributed by atoms with Crippen molar-refractivity contribution in [1.82, 2.24) is 15.0 Å². The van der Waals surface area contributed by atoms with Crippen LogP contribution in [0.2, 0.25) is 5.02 Å². The van der Waals surface area contributed by atoms with Crippen LogP contribution in [0.15, 0.2) is 36.7 Å². The molecule has 0 aliphatic rings. The normalized spacial score (nSPS) is 10.8. The van der Waals surface area contributed by atoms with Gasteiger partial charge in [-0.1, -0.05) is 11.6 Å². The third-order valence-corrected chi connectivity index (χ3v) is 2.74. The van der Waals surface area contributed by atoms with Gasteiger partial charge in [-0.25, -0.2) is 14.4 Å². The van der Waals surface area contributed by atoms with Gasteiger partial charge in [0.05, 0.1) is 11.2 Å². The largest absolute Gasteiger partial charge is 0.345 e. The highest BCUT2D eigenvalue weighted by Gasteiger charge is 2.03. The minimum atomic E-state index is -0.450. The molecule has 2 N–H and O–H groups in total. The molecule has 0 unspecified atom stereocenters. The predicted molar refractivity (Wildman–Crippen MR) is 68.6 cm³/mol. The molecule has 3 rings (SSSR count). The number of nitrogens with zero attached hydrogens (tertiary/aromatic N) is 2. The van der Waals surface area contributed by atoms with E-state index in [9.17, 15) is 4.39 Å². The first-order valence-corrected chi connectivity index (χ1v) is 5.62. The Balaban J connectivity index is 1.92. The van der Waals surface area contributed by atoms with Gasteiger partial charge in [0.15, 0.2) is 5.65 Å². The van der Waals surface area contributed by atoms with E-state index >= 15 is 0 Å². The van der Waals surface area contributed by atoms with Crippen LogP contribution in [0.1, 0.15) is 0 Å². The Hall–Kier alpha value is -2.14. The Morgan fingerprint density at radius 1 is 1.28 bits per heavy atom. The van der Waals surface area contributed by atoms with Gasteiger partial charge in [-0.2, -0.15) is 0 Å². The number of H-pyrrole nitrogens is 1. The van der Waals surface area contributed by atoms with Crippen molar-refractivity contribution in [2.75, 3.05) is 5.32 Å². The molecule has 0 radical (unpaired) electrons. The van der Waals surface area contributed by atoms with Gasteiger partial charge in [-0.15, -0.1) is 0 Å². The topological polar surface area (TPSA) is 53.6 Å². The van der Waals surface area contributed by atoms with Crippen molar-refractivity contribution in [3.05, 3.63) is 47.5 Å². The number of benzene rings is 1. The molecule has 0 aliphatic carbocycles. The maximum atomic E-state index is 13.0. The zero-order chi connectivity index (χ0) is 12.5. The van der Waals surface area contributed by atoms with Crippen LogP contribution in [0.5, 0.6) is 0 Å². The van der Waals surface area contributed by atoms with E-state index in [4.69, 9.17) is 11.6 Å². The van der Waals surface area contributed by atoms with Crippen molar-refractivity contribution in [2.45, 2.75) is 0 Å². The zero-order valence-corrected chi connectivity index (χ0v) is 9.87. The molecule has 18 heavy (non-hydrogen) atoms. The molecule has 2 aromatic heterocycles. The summed E-state index contributed by atoms with van der Waals surface area (Å²) in [5.74, 6) is 0.124. The molecule has 3 aromatic rings. The van der Waals surface area contributed by atoms with E-state index in [0.717, 1.165) is 11.2 Å². The lowest BCUT2D eigenvalue weighted by Gasteiger charge is -2.05.